The van der Waals surface area contributed by atoms with Crippen LogP contribution in [0.1, 0.15) is 16.1 Å². The number of amides is 1. The Labute approximate surface area is 93.2 Å². The second kappa shape index (κ2) is 5.14. The van der Waals surface area contributed by atoms with Gasteiger partial charge in [-0.05, 0) is 17.7 Å². The predicted octanol–water partition coefficient (Wildman–Crippen LogP) is 1.88. The van der Waals surface area contributed by atoms with E-state index in [-0.39, 0.29) is 5.91 Å². The Kier molecular flexibility index (Phi) is 3.35. The van der Waals surface area contributed by atoms with Crippen LogP contribution in [-0.2, 0) is 11.4 Å². The van der Waals surface area contributed by atoms with Crippen molar-refractivity contribution < 1.29 is 9.63 Å². The van der Waals surface area contributed by atoms with Gasteiger partial charge in [-0.1, -0.05) is 30.3 Å². The summed E-state index contributed by atoms with van der Waals surface area (Å²) in [6.45, 7) is 0.354. The minimum atomic E-state index is -0.277. The van der Waals surface area contributed by atoms with Crippen molar-refractivity contribution in [3.8, 4) is 0 Å². The summed E-state index contributed by atoms with van der Waals surface area (Å²) in [6, 6.07) is 13.1. The Bertz CT molecular complexity index is 437. The Morgan fingerprint density at radius 2 is 2.00 bits per heavy atom. The zero-order chi connectivity index (χ0) is 11.2. The van der Waals surface area contributed by atoms with Crippen LogP contribution in [0.25, 0.3) is 0 Å². The fraction of sp³-hybridized carbons (Fsp3) is 0.0833. The first-order chi connectivity index (χ1) is 7.86. The second-order valence-electron chi connectivity index (χ2n) is 3.29. The summed E-state index contributed by atoms with van der Waals surface area (Å²) >= 11 is 0. The number of carbonyl (C=O) groups is 1. The molecule has 0 radical (unpaired) electrons. The Balaban J connectivity index is 1.79. The maximum atomic E-state index is 11.4. The molecule has 0 unspecified atom stereocenters. The predicted molar refractivity (Wildman–Crippen MR) is 59.5 cm³/mol. The van der Waals surface area contributed by atoms with Crippen LogP contribution in [0.2, 0.25) is 0 Å². The summed E-state index contributed by atoms with van der Waals surface area (Å²) in [5, 5.41) is 0. The molecule has 0 bridgehead atoms. The summed E-state index contributed by atoms with van der Waals surface area (Å²) in [5.74, 6) is -0.277. The molecule has 16 heavy (non-hydrogen) atoms. The highest BCUT2D eigenvalue weighted by Crippen LogP contribution is 2.00. The highest BCUT2D eigenvalue weighted by molar-refractivity contribution is 5.91. The first-order valence-corrected chi connectivity index (χ1v) is 4.96. The van der Waals surface area contributed by atoms with Crippen molar-refractivity contribution >= 4 is 5.91 Å². The monoisotopic (exact) mass is 216 g/mol. The third-order valence-electron chi connectivity index (χ3n) is 2.09. The molecule has 0 atom stereocenters. The fourth-order valence-corrected chi connectivity index (χ4v) is 1.29. The number of carbonyl (C=O) groups excluding carboxylic acids is 1. The van der Waals surface area contributed by atoms with Crippen molar-refractivity contribution in [3.63, 3.8) is 0 Å². The lowest BCUT2D eigenvalue weighted by Crippen LogP contribution is -2.23. The van der Waals surface area contributed by atoms with Gasteiger partial charge in [-0.15, -0.1) is 0 Å². The number of hydrogen-bond acceptors (Lipinski definition) is 2. The molecule has 1 amide bonds. The maximum absolute atomic E-state index is 11.4. The molecule has 2 aromatic rings. The van der Waals surface area contributed by atoms with Crippen molar-refractivity contribution in [2.45, 2.75) is 6.61 Å². The van der Waals surface area contributed by atoms with E-state index in [1.54, 1.807) is 18.3 Å². The zero-order valence-electron chi connectivity index (χ0n) is 8.64. The molecular formula is C12H12N2O2. The van der Waals surface area contributed by atoms with Crippen molar-refractivity contribution in [3.05, 3.63) is 59.9 Å². The molecule has 1 aromatic carbocycles. The molecule has 0 aliphatic carbocycles. The number of aromatic amines is 1. The standard InChI is InChI=1S/C12H12N2O2/c15-12(11-7-4-8-13-11)14-16-9-10-5-2-1-3-6-10/h1-8,13H,9H2,(H,14,15). The third kappa shape index (κ3) is 2.71. The SMILES string of the molecule is O=C(NOCc1ccccc1)c1ccc[nH]1. The van der Waals surface area contributed by atoms with Gasteiger partial charge in [0.05, 0.1) is 6.61 Å². The zero-order valence-corrected chi connectivity index (χ0v) is 8.64. The van der Waals surface area contributed by atoms with Crippen LogP contribution < -0.4 is 5.48 Å². The minimum Gasteiger partial charge on any atom is -0.357 e. The van der Waals surface area contributed by atoms with Gasteiger partial charge in [0, 0.05) is 6.20 Å². The fourth-order valence-electron chi connectivity index (χ4n) is 1.29. The molecule has 0 aliphatic heterocycles. The van der Waals surface area contributed by atoms with E-state index in [2.05, 4.69) is 10.5 Å². The molecule has 0 saturated heterocycles. The van der Waals surface area contributed by atoms with Gasteiger partial charge in [-0.2, -0.15) is 0 Å². The molecule has 2 rings (SSSR count). The molecule has 4 heteroatoms. The molecule has 4 nitrogen and oxygen atoms in total. The molecule has 0 saturated carbocycles. The van der Waals surface area contributed by atoms with E-state index in [0.717, 1.165) is 5.56 Å². The summed E-state index contributed by atoms with van der Waals surface area (Å²) in [7, 11) is 0. The molecule has 0 spiro atoms. The number of rotatable bonds is 4. The van der Waals surface area contributed by atoms with Gasteiger partial charge in [0.15, 0.2) is 0 Å². The lowest BCUT2D eigenvalue weighted by Gasteiger charge is -2.04. The van der Waals surface area contributed by atoms with Gasteiger partial charge in [0.1, 0.15) is 5.69 Å². The quantitative estimate of drug-likeness (QED) is 0.766. The van der Waals surface area contributed by atoms with Crippen molar-refractivity contribution in [2.24, 2.45) is 0 Å². The maximum Gasteiger partial charge on any atom is 0.291 e. The molecule has 82 valence electrons. The topological polar surface area (TPSA) is 54.1 Å². The van der Waals surface area contributed by atoms with Gasteiger partial charge in [0.2, 0.25) is 0 Å². The van der Waals surface area contributed by atoms with Crippen LogP contribution in [0.5, 0.6) is 0 Å². The van der Waals surface area contributed by atoms with Crippen LogP contribution in [-0.4, -0.2) is 10.9 Å². The van der Waals surface area contributed by atoms with E-state index < -0.39 is 0 Å². The Morgan fingerprint density at radius 3 is 2.69 bits per heavy atom. The van der Waals surface area contributed by atoms with Crippen LogP contribution >= 0.6 is 0 Å². The lowest BCUT2D eigenvalue weighted by molar-refractivity contribution is 0.0230. The van der Waals surface area contributed by atoms with Gasteiger partial charge in [0.25, 0.3) is 5.91 Å². The molecule has 1 aromatic heterocycles. The van der Waals surface area contributed by atoms with Crippen LogP contribution in [0, 0.1) is 0 Å². The number of benzene rings is 1. The van der Waals surface area contributed by atoms with E-state index in [1.807, 2.05) is 30.3 Å². The number of hydroxylamine groups is 1. The van der Waals surface area contributed by atoms with Crippen LogP contribution in [0.15, 0.2) is 48.7 Å². The average Bonchev–Trinajstić information content (AvgIpc) is 2.84. The summed E-state index contributed by atoms with van der Waals surface area (Å²) < 4.78 is 0. The van der Waals surface area contributed by atoms with E-state index in [9.17, 15) is 4.79 Å². The summed E-state index contributed by atoms with van der Waals surface area (Å²) in [5.41, 5.74) is 3.85. The van der Waals surface area contributed by atoms with E-state index in [4.69, 9.17) is 4.84 Å². The number of H-pyrrole nitrogens is 1. The first-order valence-electron chi connectivity index (χ1n) is 4.96. The Morgan fingerprint density at radius 1 is 1.19 bits per heavy atom. The van der Waals surface area contributed by atoms with Crippen LogP contribution in [0.4, 0.5) is 0 Å². The number of nitrogens with one attached hydrogen (secondary N) is 2. The van der Waals surface area contributed by atoms with Gasteiger partial charge >= 0.3 is 0 Å². The Hall–Kier alpha value is -2.07. The number of aromatic nitrogens is 1. The lowest BCUT2D eigenvalue weighted by atomic mass is 10.2. The van der Waals surface area contributed by atoms with E-state index in [1.165, 1.54) is 0 Å². The molecule has 1 heterocycles. The van der Waals surface area contributed by atoms with Gasteiger partial charge in [-0.25, -0.2) is 5.48 Å². The highest BCUT2D eigenvalue weighted by Gasteiger charge is 2.04. The van der Waals surface area contributed by atoms with E-state index >= 15 is 0 Å². The van der Waals surface area contributed by atoms with Crippen LogP contribution in [0.3, 0.4) is 0 Å². The van der Waals surface area contributed by atoms with E-state index in [0.29, 0.717) is 12.3 Å². The third-order valence-corrected chi connectivity index (χ3v) is 2.09. The van der Waals surface area contributed by atoms with Crippen molar-refractivity contribution in [1.29, 1.82) is 0 Å². The molecule has 0 fully saturated rings. The van der Waals surface area contributed by atoms with Gasteiger partial charge in [-0.3, -0.25) is 9.63 Å². The van der Waals surface area contributed by atoms with Crippen molar-refractivity contribution in [1.82, 2.24) is 10.5 Å². The summed E-state index contributed by atoms with van der Waals surface area (Å²) in [4.78, 5) is 19.3. The molecular weight excluding hydrogens is 204 g/mol. The average molecular weight is 216 g/mol. The minimum absolute atomic E-state index is 0.277. The largest absolute Gasteiger partial charge is 0.357 e. The molecule has 2 N–H and O–H groups in total. The normalized spacial score (nSPS) is 10.0. The highest BCUT2D eigenvalue weighted by atomic mass is 16.6. The molecule has 0 aliphatic rings. The second-order valence-corrected chi connectivity index (χ2v) is 3.29. The smallest absolute Gasteiger partial charge is 0.291 e. The summed E-state index contributed by atoms with van der Waals surface area (Å²) in [6.07, 6.45) is 1.69. The number of hydrogen-bond donors (Lipinski definition) is 2. The van der Waals surface area contributed by atoms with Gasteiger partial charge < -0.3 is 4.98 Å². The first kappa shape index (κ1) is 10.4. The van der Waals surface area contributed by atoms with Crippen molar-refractivity contribution in [2.75, 3.05) is 0 Å².